The number of carbonyl (C=O) groups excluding carboxylic acids is 1. The average Bonchev–Trinajstić information content (AvgIpc) is 2.47. The molecule has 1 unspecified atom stereocenters. The molecule has 110 valence electrons. The van der Waals surface area contributed by atoms with E-state index in [1.165, 1.54) is 0 Å². The summed E-state index contributed by atoms with van der Waals surface area (Å²) in [5, 5.41) is 6.63. The van der Waals surface area contributed by atoms with E-state index in [2.05, 4.69) is 15.5 Å². The Kier molecular flexibility index (Phi) is 5.23. The zero-order valence-electron chi connectivity index (χ0n) is 11.8. The fourth-order valence-corrected chi connectivity index (χ4v) is 2.64. The van der Waals surface area contributed by atoms with Crippen LogP contribution in [0.25, 0.3) is 0 Å². The maximum Gasteiger partial charge on any atom is 0.238 e. The standard InChI is InChI=1S/C14H20ClN3O2/c1-16-14(19)12-8-17-5-6-18(12)9-10-7-11(15)3-4-13(10)20-2/h3-4,7,12,17H,5-6,8-9H2,1-2H3,(H,16,19). The van der Waals surface area contributed by atoms with E-state index in [0.29, 0.717) is 18.1 Å². The van der Waals surface area contributed by atoms with Gasteiger partial charge < -0.3 is 15.4 Å². The summed E-state index contributed by atoms with van der Waals surface area (Å²) in [4.78, 5) is 14.1. The van der Waals surface area contributed by atoms with Crippen molar-refractivity contribution in [3.05, 3.63) is 28.8 Å². The number of nitrogens with zero attached hydrogens (tertiary/aromatic N) is 1. The molecule has 1 aromatic rings. The van der Waals surface area contributed by atoms with E-state index in [9.17, 15) is 4.79 Å². The number of hydrogen-bond acceptors (Lipinski definition) is 4. The molecule has 2 N–H and O–H groups in total. The predicted molar refractivity (Wildman–Crippen MR) is 79.1 cm³/mol. The van der Waals surface area contributed by atoms with Gasteiger partial charge in [0, 0.05) is 43.8 Å². The number of benzene rings is 1. The van der Waals surface area contributed by atoms with Crippen LogP contribution in [0.15, 0.2) is 18.2 Å². The number of carbonyl (C=O) groups is 1. The fraction of sp³-hybridized carbons (Fsp3) is 0.500. The van der Waals surface area contributed by atoms with Crippen LogP contribution in [-0.2, 0) is 11.3 Å². The molecule has 1 aromatic carbocycles. The molecule has 1 atom stereocenters. The number of hydrogen-bond donors (Lipinski definition) is 2. The van der Waals surface area contributed by atoms with Crippen LogP contribution in [0.5, 0.6) is 5.75 Å². The van der Waals surface area contributed by atoms with Gasteiger partial charge in [-0.3, -0.25) is 9.69 Å². The SMILES string of the molecule is CNC(=O)C1CNCCN1Cc1cc(Cl)ccc1OC. The molecule has 0 aromatic heterocycles. The minimum atomic E-state index is -0.169. The summed E-state index contributed by atoms with van der Waals surface area (Å²) < 4.78 is 5.36. The first-order chi connectivity index (χ1) is 9.65. The number of amides is 1. The molecule has 0 bridgehead atoms. The molecule has 2 rings (SSSR count). The Bertz CT molecular complexity index is 481. The summed E-state index contributed by atoms with van der Waals surface area (Å²) >= 11 is 6.05. The van der Waals surface area contributed by atoms with Gasteiger partial charge in [-0.1, -0.05) is 11.6 Å². The Balaban J connectivity index is 2.18. The summed E-state index contributed by atoms with van der Waals surface area (Å²) in [6.45, 7) is 2.98. The number of ether oxygens (including phenoxy) is 1. The Morgan fingerprint density at radius 3 is 3.10 bits per heavy atom. The molecule has 0 radical (unpaired) electrons. The van der Waals surface area contributed by atoms with Gasteiger partial charge in [0.1, 0.15) is 11.8 Å². The lowest BCUT2D eigenvalue weighted by Crippen LogP contribution is -2.56. The Morgan fingerprint density at radius 2 is 2.40 bits per heavy atom. The van der Waals surface area contributed by atoms with Crippen LogP contribution in [-0.4, -0.2) is 50.6 Å². The van der Waals surface area contributed by atoms with Crippen molar-refractivity contribution < 1.29 is 9.53 Å². The lowest BCUT2D eigenvalue weighted by atomic mass is 10.1. The maximum absolute atomic E-state index is 11.9. The first-order valence-electron chi connectivity index (χ1n) is 6.64. The molecule has 1 saturated heterocycles. The van der Waals surface area contributed by atoms with Gasteiger partial charge in [0.15, 0.2) is 0 Å². The second-order valence-corrected chi connectivity index (χ2v) is 5.20. The van der Waals surface area contributed by atoms with Crippen molar-refractivity contribution in [2.75, 3.05) is 33.8 Å². The van der Waals surface area contributed by atoms with Crippen LogP contribution in [0.2, 0.25) is 5.02 Å². The first kappa shape index (κ1) is 15.1. The second-order valence-electron chi connectivity index (χ2n) is 4.76. The highest BCUT2D eigenvalue weighted by molar-refractivity contribution is 6.30. The number of piperazine rings is 1. The van der Waals surface area contributed by atoms with Crippen LogP contribution in [0.4, 0.5) is 0 Å². The van der Waals surface area contributed by atoms with Crippen LogP contribution in [0.3, 0.4) is 0 Å². The lowest BCUT2D eigenvalue weighted by molar-refractivity contribution is -0.126. The van der Waals surface area contributed by atoms with Gasteiger partial charge in [0.05, 0.1) is 7.11 Å². The molecule has 6 heteroatoms. The molecule has 1 aliphatic rings. The van der Waals surface area contributed by atoms with Gasteiger partial charge >= 0.3 is 0 Å². The maximum atomic E-state index is 11.9. The molecular formula is C14H20ClN3O2. The van der Waals surface area contributed by atoms with E-state index in [4.69, 9.17) is 16.3 Å². The van der Waals surface area contributed by atoms with Crippen LogP contribution in [0.1, 0.15) is 5.56 Å². The average molecular weight is 298 g/mol. The van der Waals surface area contributed by atoms with Crippen LogP contribution >= 0.6 is 11.6 Å². The molecule has 0 spiro atoms. The van der Waals surface area contributed by atoms with E-state index < -0.39 is 0 Å². The number of halogens is 1. The molecule has 20 heavy (non-hydrogen) atoms. The third kappa shape index (κ3) is 3.42. The van der Waals surface area contributed by atoms with E-state index in [1.54, 1.807) is 20.2 Å². The molecule has 1 amide bonds. The van der Waals surface area contributed by atoms with Crippen molar-refractivity contribution in [3.8, 4) is 5.75 Å². The third-order valence-electron chi connectivity index (χ3n) is 3.52. The lowest BCUT2D eigenvalue weighted by Gasteiger charge is -2.35. The van der Waals surface area contributed by atoms with E-state index >= 15 is 0 Å². The molecule has 0 aliphatic carbocycles. The Morgan fingerprint density at radius 1 is 1.60 bits per heavy atom. The summed E-state index contributed by atoms with van der Waals surface area (Å²) in [6, 6.07) is 5.38. The van der Waals surface area contributed by atoms with Gasteiger partial charge in [-0.25, -0.2) is 0 Å². The smallest absolute Gasteiger partial charge is 0.238 e. The normalized spacial score (nSPS) is 19.6. The Labute approximate surface area is 124 Å². The molecular weight excluding hydrogens is 278 g/mol. The quantitative estimate of drug-likeness (QED) is 0.866. The summed E-state index contributed by atoms with van der Waals surface area (Å²) in [5.74, 6) is 0.821. The highest BCUT2D eigenvalue weighted by Gasteiger charge is 2.28. The van der Waals surface area contributed by atoms with Gasteiger partial charge in [0.2, 0.25) is 5.91 Å². The molecule has 0 saturated carbocycles. The van der Waals surface area contributed by atoms with Crippen LogP contribution < -0.4 is 15.4 Å². The minimum absolute atomic E-state index is 0.0261. The summed E-state index contributed by atoms with van der Waals surface area (Å²) in [7, 11) is 3.30. The van der Waals surface area contributed by atoms with Crippen molar-refractivity contribution in [2.24, 2.45) is 0 Å². The van der Waals surface area contributed by atoms with Crippen molar-refractivity contribution in [1.29, 1.82) is 0 Å². The highest BCUT2D eigenvalue weighted by Crippen LogP contribution is 2.25. The highest BCUT2D eigenvalue weighted by atomic mass is 35.5. The van der Waals surface area contributed by atoms with Crippen molar-refractivity contribution >= 4 is 17.5 Å². The second kappa shape index (κ2) is 6.92. The zero-order chi connectivity index (χ0) is 14.5. The molecule has 5 nitrogen and oxygen atoms in total. The van der Waals surface area contributed by atoms with Crippen LogP contribution in [0, 0.1) is 0 Å². The van der Waals surface area contributed by atoms with E-state index in [-0.39, 0.29) is 11.9 Å². The monoisotopic (exact) mass is 297 g/mol. The zero-order valence-corrected chi connectivity index (χ0v) is 12.5. The predicted octanol–water partition coefficient (Wildman–Crippen LogP) is 0.868. The number of likely N-dealkylation sites (N-methyl/N-ethyl adjacent to an activating group) is 1. The molecule has 1 heterocycles. The van der Waals surface area contributed by atoms with Gasteiger partial charge in [0.25, 0.3) is 0 Å². The number of methoxy groups -OCH3 is 1. The topological polar surface area (TPSA) is 53.6 Å². The Hall–Kier alpha value is -1.30. The van der Waals surface area contributed by atoms with Gasteiger partial charge in [-0.2, -0.15) is 0 Å². The largest absolute Gasteiger partial charge is 0.496 e. The molecule has 1 fully saturated rings. The molecule has 1 aliphatic heterocycles. The number of nitrogens with one attached hydrogen (secondary N) is 2. The van der Waals surface area contributed by atoms with E-state index in [0.717, 1.165) is 24.4 Å². The van der Waals surface area contributed by atoms with Gasteiger partial charge in [-0.15, -0.1) is 0 Å². The van der Waals surface area contributed by atoms with Crippen molar-refractivity contribution in [2.45, 2.75) is 12.6 Å². The third-order valence-corrected chi connectivity index (χ3v) is 3.75. The minimum Gasteiger partial charge on any atom is -0.496 e. The van der Waals surface area contributed by atoms with Crippen molar-refractivity contribution in [3.63, 3.8) is 0 Å². The van der Waals surface area contributed by atoms with Crippen molar-refractivity contribution in [1.82, 2.24) is 15.5 Å². The summed E-state index contributed by atoms with van der Waals surface area (Å²) in [6.07, 6.45) is 0. The summed E-state index contributed by atoms with van der Waals surface area (Å²) in [5.41, 5.74) is 0.996. The fourth-order valence-electron chi connectivity index (χ4n) is 2.45. The van der Waals surface area contributed by atoms with Gasteiger partial charge in [-0.05, 0) is 18.2 Å². The number of rotatable bonds is 4. The first-order valence-corrected chi connectivity index (χ1v) is 7.02. The van der Waals surface area contributed by atoms with E-state index in [1.807, 2.05) is 12.1 Å².